The molecule has 0 saturated carbocycles. The van der Waals surface area contributed by atoms with Gasteiger partial charge in [0.1, 0.15) is 13.2 Å². The summed E-state index contributed by atoms with van der Waals surface area (Å²) >= 11 is 0. The molecule has 0 radical (unpaired) electrons. The van der Waals surface area contributed by atoms with Crippen LogP contribution in [-0.4, -0.2) is 11.9 Å². The molecule has 4 heteroatoms. The van der Waals surface area contributed by atoms with Gasteiger partial charge in [0, 0.05) is 0 Å². The average molecular weight is 459 g/mol. The molecule has 0 amide bonds. The van der Waals surface area contributed by atoms with E-state index in [1.54, 1.807) is 18.2 Å². The Kier molecular flexibility index (Phi) is 7.61. The second-order valence-electron chi connectivity index (χ2n) is 10.6. The van der Waals surface area contributed by atoms with Crippen molar-refractivity contribution < 1.29 is 19.1 Å². The Labute approximate surface area is 202 Å². The molecule has 0 atom stereocenters. The molecule has 0 saturated heterocycles. The zero-order valence-electron chi connectivity index (χ0n) is 21.0. The minimum absolute atomic E-state index is 0.0696. The smallest absolute Gasteiger partial charge is 0.338 e. The summed E-state index contributed by atoms with van der Waals surface area (Å²) in [6, 6.07) is 22.5. The van der Waals surface area contributed by atoms with Crippen molar-refractivity contribution in [2.45, 2.75) is 65.6 Å². The maximum absolute atomic E-state index is 12.5. The third-order valence-corrected chi connectivity index (χ3v) is 5.71. The standard InChI is InChI=1S/C30H34O4/c1-29(2,3)25-14-10-21(11-15-25)19-33-27(31)23-8-7-9-24(18-23)28(32)34-20-22-12-16-26(17-13-22)30(4,5)6/h7-18H,19-20H2,1-6H3. The van der Waals surface area contributed by atoms with Gasteiger partial charge >= 0.3 is 11.9 Å². The van der Waals surface area contributed by atoms with Crippen LogP contribution in [0.25, 0.3) is 0 Å². The predicted octanol–water partition coefficient (Wildman–Crippen LogP) is 7.00. The van der Waals surface area contributed by atoms with E-state index in [4.69, 9.17) is 9.47 Å². The van der Waals surface area contributed by atoms with Gasteiger partial charge in [-0.1, -0.05) is 96.1 Å². The minimum atomic E-state index is -0.479. The molecule has 0 bridgehead atoms. The van der Waals surface area contributed by atoms with Crippen LogP contribution in [0.1, 0.15) is 84.5 Å². The van der Waals surface area contributed by atoms with Crippen molar-refractivity contribution >= 4 is 11.9 Å². The molecule has 0 spiro atoms. The zero-order valence-corrected chi connectivity index (χ0v) is 21.0. The predicted molar refractivity (Wildman–Crippen MR) is 135 cm³/mol. The number of carbonyl (C=O) groups excluding carboxylic acids is 2. The summed E-state index contributed by atoms with van der Waals surface area (Å²) in [5.41, 5.74) is 5.03. The topological polar surface area (TPSA) is 52.6 Å². The van der Waals surface area contributed by atoms with Gasteiger partial charge in [0.25, 0.3) is 0 Å². The third kappa shape index (κ3) is 6.80. The molecule has 0 aliphatic rings. The van der Waals surface area contributed by atoms with Crippen LogP contribution >= 0.6 is 0 Å². The molecule has 0 aromatic heterocycles. The molecule has 0 N–H and O–H groups in total. The first-order chi connectivity index (χ1) is 15.9. The minimum Gasteiger partial charge on any atom is -0.457 e. The van der Waals surface area contributed by atoms with Crippen molar-refractivity contribution in [3.63, 3.8) is 0 Å². The Morgan fingerprint density at radius 1 is 0.588 bits per heavy atom. The van der Waals surface area contributed by atoms with Gasteiger partial charge in [0.2, 0.25) is 0 Å². The molecule has 0 unspecified atom stereocenters. The van der Waals surface area contributed by atoms with Gasteiger partial charge in [0.15, 0.2) is 0 Å². The molecule has 34 heavy (non-hydrogen) atoms. The van der Waals surface area contributed by atoms with Gasteiger partial charge < -0.3 is 9.47 Å². The molecule has 4 nitrogen and oxygen atoms in total. The van der Waals surface area contributed by atoms with E-state index in [1.165, 1.54) is 17.2 Å². The van der Waals surface area contributed by atoms with Gasteiger partial charge in [-0.15, -0.1) is 0 Å². The number of ether oxygens (including phenoxy) is 2. The maximum atomic E-state index is 12.5. The van der Waals surface area contributed by atoms with Gasteiger partial charge in [-0.25, -0.2) is 9.59 Å². The van der Waals surface area contributed by atoms with Crippen LogP contribution in [0.5, 0.6) is 0 Å². The summed E-state index contributed by atoms with van der Waals surface area (Å²) in [5.74, 6) is -0.959. The van der Waals surface area contributed by atoms with Gasteiger partial charge in [-0.3, -0.25) is 0 Å². The normalized spacial score (nSPS) is 11.7. The van der Waals surface area contributed by atoms with E-state index in [1.807, 2.05) is 24.3 Å². The second-order valence-corrected chi connectivity index (χ2v) is 10.6. The highest BCUT2D eigenvalue weighted by molar-refractivity contribution is 5.95. The summed E-state index contributed by atoms with van der Waals surface area (Å²) in [4.78, 5) is 25.1. The number of benzene rings is 3. The summed E-state index contributed by atoms with van der Waals surface area (Å²) < 4.78 is 10.9. The molecular formula is C30H34O4. The van der Waals surface area contributed by atoms with E-state index in [-0.39, 0.29) is 24.0 Å². The second kappa shape index (κ2) is 10.3. The Balaban J connectivity index is 1.57. The van der Waals surface area contributed by atoms with E-state index < -0.39 is 11.9 Å². The fraction of sp³-hybridized carbons (Fsp3) is 0.333. The fourth-order valence-corrected chi connectivity index (χ4v) is 3.44. The molecule has 0 aliphatic carbocycles. The van der Waals surface area contributed by atoms with Gasteiger partial charge in [0.05, 0.1) is 11.1 Å². The number of carbonyl (C=O) groups is 2. The van der Waals surface area contributed by atoms with Gasteiger partial charge in [-0.05, 0) is 51.3 Å². The van der Waals surface area contributed by atoms with Crippen molar-refractivity contribution in [3.8, 4) is 0 Å². The molecule has 3 aromatic rings. The van der Waals surface area contributed by atoms with Crippen LogP contribution in [0.3, 0.4) is 0 Å². The highest BCUT2D eigenvalue weighted by atomic mass is 16.5. The van der Waals surface area contributed by atoms with Crippen LogP contribution < -0.4 is 0 Å². The quantitative estimate of drug-likeness (QED) is 0.373. The van der Waals surface area contributed by atoms with E-state index >= 15 is 0 Å². The van der Waals surface area contributed by atoms with Crippen molar-refractivity contribution in [1.82, 2.24) is 0 Å². The number of hydrogen-bond acceptors (Lipinski definition) is 4. The van der Waals surface area contributed by atoms with E-state index in [2.05, 4.69) is 65.8 Å². The Hall–Kier alpha value is -3.40. The number of esters is 2. The number of rotatable bonds is 6. The van der Waals surface area contributed by atoms with E-state index in [9.17, 15) is 9.59 Å². The monoisotopic (exact) mass is 458 g/mol. The molecular weight excluding hydrogens is 424 g/mol. The Bertz CT molecular complexity index is 1040. The lowest BCUT2D eigenvalue weighted by Crippen LogP contribution is -2.11. The lowest BCUT2D eigenvalue weighted by atomic mass is 9.87. The number of hydrogen-bond donors (Lipinski definition) is 0. The van der Waals surface area contributed by atoms with Crippen molar-refractivity contribution in [2.24, 2.45) is 0 Å². The molecule has 3 aromatic carbocycles. The summed E-state index contributed by atoms with van der Waals surface area (Å²) in [6.45, 7) is 13.3. The summed E-state index contributed by atoms with van der Waals surface area (Å²) in [6.07, 6.45) is 0. The zero-order chi connectivity index (χ0) is 24.9. The molecule has 178 valence electrons. The molecule has 3 rings (SSSR count). The van der Waals surface area contributed by atoms with Crippen molar-refractivity contribution in [1.29, 1.82) is 0 Å². The molecule has 0 heterocycles. The lowest BCUT2D eigenvalue weighted by Gasteiger charge is -2.19. The largest absolute Gasteiger partial charge is 0.457 e. The van der Waals surface area contributed by atoms with E-state index in [0.29, 0.717) is 11.1 Å². The fourth-order valence-electron chi connectivity index (χ4n) is 3.44. The molecule has 0 fully saturated rings. The van der Waals surface area contributed by atoms with Crippen molar-refractivity contribution in [3.05, 3.63) is 106 Å². The third-order valence-electron chi connectivity index (χ3n) is 5.71. The van der Waals surface area contributed by atoms with Crippen LogP contribution in [0, 0.1) is 0 Å². The first-order valence-corrected chi connectivity index (χ1v) is 11.6. The van der Waals surface area contributed by atoms with Crippen LogP contribution in [0.15, 0.2) is 72.8 Å². The first kappa shape index (κ1) is 25.2. The highest BCUT2D eigenvalue weighted by Crippen LogP contribution is 2.23. The average Bonchev–Trinajstić information content (AvgIpc) is 2.80. The van der Waals surface area contributed by atoms with Crippen molar-refractivity contribution in [2.75, 3.05) is 0 Å². The summed E-state index contributed by atoms with van der Waals surface area (Å²) in [7, 11) is 0. The SMILES string of the molecule is CC(C)(C)c1ccc(COC(=O)c2cccc(C(=O)OCc3ccc(C(C)(C)C)cc3)c2)cc1. The first-order valence-electron chi connectivity index (χ1n) is 11.6. The van der Waals surface area contributed by atoms with Crippen LogP contribution in [-0.2, 0) is 33.5 Å². The van der Waals surface area contributed by atoms with Crippen LogP contribution in [0.4, 0.5) is 0 Å². The summed E-state index contributed by atoms with van der Waals surface area (Å²) in [5, 5.41) is 0. The van der Waals surface area contributed by atoms with E-state index in [0.717, 1.165) is 11.1 Å². The lowest BCUT2D eigenvalue weighted by molar-refractivity contribution is 0.0470. The maximum Gasteiger partial charge on any atom is 0.338 e. The Morgan fingerprint density at radius 3 is 1.26 bits per heavy atom. The highest BCUT2D eigenvalue weighted by Gasteiger charge is 2.16. The Morgan fingerprint density at radius 2 is 0.941 bits per heavy atom. The van der Waals surface area contributed by atoms with Gasteiger partial charge in [-0.2, -0.15) is 0 Å². The van der Waals surface area contributed by atoms with Crippen LogP contribution in [0.2, 0.25) is 0 Å². The molecule has 0 aliphatic heterocycles.